The molecule has 0 bridgehead atoms. The Bertz CT molecular complexity index is 817. The van der Waals surface area contributed by atoms with E-state index in [0.29, 0.717) is 0 Å². The molecule has 0 aromatic carbocycles. The number of hydrogen-bond acceptors (Lipinski definition) is 6. The van der Waals surface area contributed by atoms with Crippen molar-refractivity contribution < 1.29 is 53.9 Å². The van der Waals surface area contributed by atoms with Crippen molar-refractivity contribution >= 4 is 61.8 Å². The molecule has 32 heavy (non-hydrogen) atoms. The Morgan fingerprint density at radius 2 is 1.34 bits per heavy atom. The third kappa shape index (κ3) is 13.9. The maximum Gasteiger partial charge on any atom is 1.00 e. The van der Waals surface area contributed by atoms with E-state index in [9.17, 15) is 8.78 Å². The van der Waals surface area contributed by atoms with Gasteiger partial charge in [-0.15, -0.1) is 34.0 Å². The predicted octanol–water partition coefficient (Wildman–Crippen LogP) is 3.65. The van der Waals surface area contributed by atoms with E-state index in [0.717, 1.165) is 46.8 Å². The minimum atomic E-state index is -1.68. The van der Waals surface area contributed by atoms with Gasteiger partial charge in [0.05, 0.1) is 4.78 Å². The molecule has 0 aliphatic rings. The smallest absolute Gasteiger partial charge is 0.870 e. The molecule has 3 aromatic rings. The standard InChI is InChI=1S/C7H10BFO2S.C7H9BrS.C7H9FS.Na.H2O/c1-2-3-5-4-6(9)7(12-5)8(10)11;2*1-2-3-7-4-6(8)5-9-7;;/h4,10-11H,2-3H2,1H3;2*4-5H,2-3H2,1H3;;1H2/q;;;+1;/p-1. The summed E-state index contributed by atoms with van der Waals surface area (Å²) in [6.45, 7) is 6.29. The average molecular weight is 577 g/mol. The molecule has 3 heterocycles. The molecule has 0 spiro atoms. The molecule has 3 nitrogen and oxygen atoms in total. The van der Waals surface area contributed by atoms with E-state index >= 15 is 0 Å². The molecule has 3 aromatic heterocycles. The van der Waals surface area contributed by atoms with E-state index < -0.39 is 12.9 Å². The molecular weight excluding hydrogens is 548 g/mol. The topological polar surface area (TPSA) is 70.5 Å². The Labute approximate surface area is 232 Å². The number of hydrogen-bond donors (Lipinski definition) is 2. The van der Waals surface area contributed by atoms with Crippen LogP contribution in [0.5, 0.6) is 0 Å². The Hall–Kier alpha value is 0.385. The average Bonchev–Trinajstić information content (AvgIpc) is 3.38. The molecule has 3 N–H and O–H groups in total. The molecule has 0 unspecified atom stereocenters. The molecule has 0 atom stereocenters. The van der Waals surface area contributed by atoms with Crippen molar-refractivity contribution in [1.82, 2.24) is 0 Å². The molecule has 0 fully saturated rings. The van der Waals surface area contributed by atoms with Crippen LogP contribution in [0.15, 0.2) is 33.4 Å². The summed E-state index contributed by atoms with van der Waals surface area (Å²) in [5.41, 5.74) is 0. The van der Waals surface area contributed by atoms with Crippen LogP contribution in [0.25, 0.3) is 0 Å². The quantitative estimate of drug-likeness (QED) is 0.422. The predicted molar refractivity (Wildman–Crippen MR) is 134 cm³/mol. The van der Waals surface area contributed by atoms with Gasteiger partial charge in [0.2, 0.25) is 0 Å². The molecule has 0 aliphatic carbocycles. The van der Waals surface area contributed by atoms with Gasteiger partial charge in [0, 0.05) is 29.9 Å². The van der Waals surface area contributed by atoms with Crippen LogP contribution in [0, 0.1) is 11.6 Å². The Morgan fingerprint density at radius 3 is 1.72 bits per heavy atom. The number of thiophene rings is 3. The van der Waals surface area contributed by atoms with Crippen molar-refractivity contribution in [3.05, 3.63) is 59.7 Å². The fourth-order valence-electron chi connectivity index (χ4n) is 2.44. The minimum absolute atomic E-state index is 0. The fourth-order valence-corrected chi connectivity index (χ4v) is 5.84. The summed E-state index contributed by atoms with van der Waals surface area (Å²) < 4.78 is 26.4. The van der Waals surface area contributed by atoms with Crippen LogP contribution in [-0.4, -0.2) is 22.6 Å². The van der Waals surface area contributed by atoms with Crippen LogP contribution >= 0.6 is 49.9 Å². The first kappa shape index (κ1) is 34.6. The van der Waals surface area contributed by atoms with Gasteiger partial charge in [-0.25, -0.2) is 8.78 Å². The Morgan fingerprint density at radius 1 is 0.844 bits per heavy atom. The van der Waals surface area contributed by atoms with Gasteiger partial charge in [0.15, 0.2) is 0 Å². The zero-order valence-electron chi connectivity index (χ0n) is 18.9. The molecule has 174 valence electrons. The first-order valence-corrected chi connectivity index (χ1v) is 13.3. The van der Waals surface area contributed by atoms with Gasteiger partial charge < -0.3 is 15.5 Å². The fraction of sp³-hybridized carbons (Fsp3) is 0.429. The summed E-state index contributed by atoms with van der Waals surface area (Å²) in [4.78, 5) is 3.48. The normalized spacial score (nSPS) is 9.50. The van der Waals surface area contributed by atoms with Gasteiger partial charge in [0.25, 0.3) is 0 Å². The third-order valence-electron chi connectivity index (χ3n) is 3.73. The monoisotopic (exact) mass is 576 g/mol. The molecular formula is C21H29BBrF2NaO3S3. The van der Waals surface area contributed by atoms with E-state index in [2.05, 4.69) is 41.2 Å². The molecule has 3 rings (SSSR count). The summed E-state index contributed by atoms with van der Waals surface area (Å²) in [5, 5.41) is 21.1. The second-order valence-corrected chi connectivity index (χ2v) is 10.6. The maximum atomic E-state index is 12.9. The van der Waals surface area contributed by atoms with Gasteiger partial charge in [-0.05, 0) is 53.4 Å². The first-order chi connectivity index (χ1) is 14.3. The van der Waals surface area contributed by atoms with E-state index in [4.69, 9.17) is 10.0 Å². The maximum absolute atomic E-state index is 12.9. The van der Waals surface area contributed by atoms with Crippen LogP contribution in [0.2, 0.25) is 0 Å². The van der Waals surface area contributed by atoms with Crippen LogP contribution < -0.4 is 34.3 Å². The number of aryl methyl sites for hydroxylation is 3. The summed E-state index contributed by atoms with van der Waals surface area (Å²) in [6, 6.07) is 5.16. The zero-order chi connectivity index (χ0) is 22.5. The van der Waals surface area contributed by atoms with Crippen LogP contribution in [0.4, 0.5) is 8.78 Å². The molecule has 0 saturated heterocycles. The van der Waals surface area contributed by atoms with Crippen LogP contribution in [-0.2, 0) is 19.3 Å². The van der Waals surface area contributed by atoms with Crippen molar-refractivity contribution in [3.63, 3.8) is 0 Å². The number of halogens is 3. The van der Waals surface area contributed by atoms with E-state index in [1.54, 1.807) is 11.4 Å². The largest absolute Gasteiger partial charge is 1.00 e. The van der Waals surface area contributed by atoms with Crippen LogP contribution in [0.1, 0.15) is 54.7 Å². The van der Waals surface area contributed by atoms with Gasteiger partial charge in [0.1, 0.15) is 11.6 Å². The first-order valence-electron chi connectivity index (χ1n) is 9.90. The zero-order valence-corrected chi connectivity index (χ0v) is 24.9. The van der Waals surface area contributed by atoms with Crippen molar-refractivity contribution in [2.24, 2.45) is 0 Å². The summed E-state index contributed by atoms with van der Waals surface area (Å²) in [5.74, 6) is -0.609. The van der Waals surface area contributed by atoms with Crippen molar-refractivity contribution in [3.8, 4) is 0 Å². The van der Waals surface area contributed by atoms with Gasteiger partial charge >= 0.3 is 36.7 Å². The van der Waals surface area contributed by atoms with Gasteiger partial charge in [-0.1, -0.05) is 40.0 Å². The van der Waals surface area contributed by atoms with Crippen molar-refractivity contribution in [1.29, 1.82) is 0 Å². The summed E-state index contributed by atoms with van der Waals surface area (Å²) in [7, 11) is -1.68. The Kier molecular flexibility index (Phi) is 21.2. The molecule has 0 amide bonds. The number of rotatable bonds is 7. The van der Waals surface area contributed by atoms with Gasteiger partial charge in [-0.2, -0.15) is 0 Å². The van der Waals surface area contributed by atoms with Crippen molar-refractivity contribution in [2.75, 3.05) is 0 Å². The second kappa shape index (κ2) is 19.7. The summed E-state index contributed by atoms with van der Waals surface area (Å²) in [6.07, 6.45) is 6.28. The van der Waals surface area contributed by atoms with Gasteiger partial charge in [-0.3, -0.25) is 0 Å². The Balaban J connectivity index is 0. The van der Waals surface area contributed by atoms with Crippen LogP contribution in [0.3, 0.4) is 0 Å². The van der Waals surface area contributed by atoms with E-state index in [1.165, 1.54) is 39.6 Å². The van der Waals surface area contributed by atoms with Crippen molar-refractivity contribution in [2.45, 2.75) is 59.3 Å². The SMILES string of the molecule is CCCc1cc(Br)cs1.CCCc1cc(F)c(B(O)O)s1.CCCc1cc(F)cs1.[Na+].[OH-]. The summed E-state index contributed by atoms with van der Waals surface area (Å²) >= 11 is 7.86. The minimum Gasteiger partial charge on any atom is -0.870 e. The molecule has 11 heteroatoms. The second-order valence-electron chi connectivity index (χ2n) is 6.51. The van der Waals surface area contributed by atoms with E-state index in [1.807, 2.05) is 18.3 Å². The molecule has 0 radical (unpaired) electrons. The van der Waals surface area contributed by atoms with E-state index in [-0.39, 0.29) is 45.6 Å². The molecule has 0 saturated carbocycles. The molecule has 0 aliphatic heterocycles. The third-order valence-corrected chi connectivity index (χ3v) is 7.67.